The van der Waals surface area contributed by atoms with E-state index in [9.17, 15) is 14.0 Å². The minimum absolute atomic E-state index is 0.0228. The summed E-state index contributed by atoms with van der Waals surface area (Å²) in [6.45, 7) is 2.56. The molecular formula is C31H37F2N3O6. The van der Waals surface area contributed by atoms with Crippen LogP contribution in [0.4, 0.5) is 20.5 Å². The number of nitrogens with zero attached hydrogens (tertiary/aromatic N) is 2. The van der Waals surface area contributed by atoms with Crippen molar-refractivity contribution in [3.8, 4) is 0 Å². The molecule has 2 heterocycles. The van der Waals surface area contributed by atoms with Gasteiger partial charge in [0, 0.05) is 18.4 Å². The second kappa shape index (κ2) is 13.2. The number of benzene rings is 2. The highest BCUT2D eigenvalue weighted by atomic mass is 19.1. The molecule has 0 radical (unpaired) electrons. The van der Waals surface area contributed by atoms with Crippen molar-refractivity contribution in [3.05, 3.63) is 53.1 Å². The van der Waals surface area contributed by atoms with Crippen molar-refractivity contribution in [2.75, 3.05) is 32.8 Å². The first-order chi connectivity index (χ1) is 20.3. The van der Waals surface area contributed by atoms with Gasteiger partial charge in [0.2, 0.25) is 5.91 Å². The zero-order valence-electron chi connectivity index (χ0n) is 24.2. The Bertz CT molecular complexity index is 1420. The van der Waals surface area contributed by atoms with E-state index in [-0.39, 0.29) is 65.1 Å². The lowest BCUT2D eigenvalue weighted by Gasteiger charge is -2.32. The van der Waals surface area contributed by atoms with Crippen LogP contribution < -0.4 is 5.32 Å². The Balaban J connectivity index is 1.26. The number of aryl methyl sites for hydroxylation is 1. The van der Waals surface area contributed by atoms with E-state index in [0.29, 0.717) is 18.9 Å². The Labute approximate surface area is 243 Å². The Hall–Kier alpha value is -3.57. The van der Waals surface area contributed by atoms with Crippen LogP contribution in [0.1, 0.15) is 49.7 Å². The maximum atomic E-state index is 15.6. The molecule has 1 amide bonds. The van der Waals surface area contributed by atoms with Gasteiger partial charge < -0.3 is 28.8 Å². The average Bonchev–Trinajstić information content (AvgIpc) is 3.59. The summed E-state index contributed by atoms with van der Waals surface area (Å²) in [5, 5.41) is 2.90. The first-order valence-corrected chi connectivity index (χ1v) is 14.4. The number of esters is 1. The molecule has 226 valence electrons. The lowest BCUT2D eigenvalue weighted by atomic mass is 9.87. The van der Waals surface area contributed by atoms with Crippen LogP contribution in [0.5, 0.6) is 0 Å². The lowest BCUT2D eigenvalue weighted by molar-refractivity contribution is -0.148. The largest absolute Gasteiger partial charge is 0.469 e. The fourth-order valence-electron chi connectivity index (χ4n) is 6.06. The molecule has 2 aliphatic rings. The highest BCUT2D eigenvalue weighted by Crippen LogP contribution is 2.32. The van der Waals surface area contributed by atoms with Gasteiger partial charge in [-0.3, -0.25) is 9.59 Å². The van der Waals surface area contributed by atoms with Gasteiger partial charge in [0.1, 0.15) is 11.3 Å². The van der Waals surface area contributed by atoms with E-state index in [2.05, 4.69) is 10.3 Å². The molecule has 3 aromatic rings. The van der Waals surface area contributed by atoms with Crippen molar-refractivity contribution < 1.29 is 37.0 Å². The number of ether oxygens (including phenoxy) is 3. The number of rotatable bonds is 10. The molecule has 0 unspecified atom stereocenters. The number of fused-ring (bicyclic) bond motifs is 1. The summed E-state index contributed by atoms with van der Waals surface area (Å²) in [6.07, 6.45) is 4.36. The van der Waals surface area contributed by atoms with E-state index < -0.39 is 11.6 Å². The Morgan fingerprint density at radius 3 is 2.48 bits per heavy atom. The number of hydrogen-bond donors (Lipinski definition) is 1. The highest BCUT2D eigenvalue weighted by molar-refractivity contribution is 5.83. The van der Waals surface area contributed by atoms with E-state index in [0.717, 1.165) is 44.1 Å². The van der Waals surface area contributed by atoms with E-state index in [1.807, 2.05) is 0 Å². The topological polar surface area (TPSA) is 103 Å². The smallest absolute Gasteiger partial charge is 0.308 e. The second-order valence-electron chi connectivity index (χ2n) is 11.1. The summed E-state index contributed by atoms with van der Waals surface area (Å²) in [7, 11) is 3.01. The molecule has 1 saturated heterocycles. The van der Waals surface area contributed by atoms with Gasteiger partial charge in [0.05, 0.1) is 50.8 Å². The van der Waals surface area contributed by atoms with E-state index in [4.69, 9.17) is 18.6 Å². The monoisotopic (exact) mass is 585 g/mol. The van der Waals surface area contributed by atoms with Crippen molar-refractivity contribution in [2.24, 2.45) is 5.92 Å². The molecule has 1 aromatic heterocycles. The Kier molecular flexibility index (Phi) is 9.37. The van der Waals surface area contributed by atoms with Gasteiger partial charge in [-0.25, -0.2) is 8.78 Å². The number of carbonyl (C=O) groups excluding carboxylic acids is 2. The summed E-state index contributed by atoms with van der Waals surface area (Å²) in [5.41, 5.74) is 1.64. The molecule has 2 aromatic carbocycles. The normalized spacial score (nSPS) is 22.5. The highest BCUT2D eigenvalue weighted by Gasteiger charge is 2.38. The molecule has 5 rings (SSSR count). The van der Waals surface area contributed by atoms with Gasteiger partial charge in [0.25, 0.3) is 6.01 Å². The standard InChI is InChI=1S/C31H37F2N3O6/c1-18-4-8-21(32)15-26(18)35-31-34-25-13-7-20(28(33)29(25)42-31)14-27(37)36-22(16-39-2)9-10-23(36)17-41-24-11-5-19(6-12-24)30(38)40-3/h4,7-8,13,15,19,22-24H,5-6,9-12,14,16-17H2,1-3H3,(H,34,35)/t19-,22-,23+,24+/m1/s1. The van der Waals surface area contributed by atoms with Gasteiger partial charge in [-0.05, 0) is 69.2 Å². The van der Waals surface area contributed by atoms with Crippen molar-refractivity contribution in [2.45, 2.75) is 70.1 Å². The van der Waals surface area contributed by atoms with Crippen LogP contribution in [0.25, 0.3) is 11.1 Å². The molecule has 1 aliphatic carbocycles. The van der Waals surface area contributed by atoms with Gasteiger partial charge in [-0.15, -0.1) is 0 Å². The van der Waals surface area contributed by atoms with Crippen LogP contribution in [0, 0.1) is 24.5 Å². The number of aromatic nitrogens is 1. The molecule has 1 saturated carbocycles. The molecule has 1 N–H and O–H groups in total. The Morgan fingerprint density at radius 2 is 1.76 bits per heavy atom. The molecule has 42 heavy (non-hydrogen) atoms. The average molecular weight is 586 g/mol. The zero-order valence-corrected chi connectivity index (χ0v) is 24.2. The molecule has 2 atom stereocenters. The molecule has 0 bridgehead atoms. The molecule has 9 nitrogen and oxygen atoms in total. The summed E-state index contributed by atoms with van der Waals surface area (Å²) in [4.78, 5) is 31.5. The van der Waals surface area contributed by atoms with Crippen molar-refractivity contribution in [1.29, 1.82) is 0 Å². The van der Waals surface area contributed by atoms with Gasteiger partial charge in [0.15, 0.2) is 11.4 Å². The summed E-state index contributed by atoms with van der Waals surface area (Å²) in [6, 6.07) is 7.17. The third kappa shape index (κ3) is 6.57. The number of carbonyl (C=O) groups is 2. The number of halogens is 2. The summed E-state index contributed by atoms with van der Waals surface area (Å²) >= 11 is 0. The number of oxazole rings is 1. The maximum Gasteiger partial charge on any atom is 0.308 e. The molecule has 11 heteroatoms. The molecule has 0 spiro atoms. The van der Waals surface area contributed by atoms with Gasteiger partial charge in [-0.1, -0.05) is 12.1 Å². The van der Waals surface area contributed by atoms with Crippen LogP contribution >= 0.6 is 0 Å². The predicted octanol–water partition coefficient (Wildman–Crippen LogP) is 5.45. The third-order valence-electron chi connectivity index (χ3n) is 8.36. The fraction of sp³-hybridized carbons (Fsp3) is 0.516. The molecule has 1 aliphatic heterocycles. The fourth-order valence-corrected chi connectivity index (χ4v) is 6.06. The SMILES string of the molecule is COC[C@H]1CC[C@@H](CO[C@H]2CC[C@@H](C(=O)OC)CC2)N1C(=O)Cc1ccc2nc(Nc3cc(F)ccc3C)oc2c1F. The molecule has 2 fully saturated rings. The minimum atomic E-state index is -0.657. The number of likely N-dealkylation sites (tertiary alicyclic amines) is 1. The lowest BCUT2D eigenvalue weighted by Crippen LogP contribution is -2.46. The van der Waals surface area contributed by atoms with Gasteiger partial charge >= 0.3 is 5.97 Å². The van der Waals surface area contributed by atoms with Crippen LogP contribution in [-0.4, -0.2) is 67.4 Å². The van der Waals surface area contributed by atoms with Crippen molar-refractivity contribution in [3.63, 3.8) is 0 Å². The van der Waals surface area contributed by atoms with Gasteiger partial charge in [-0.2, -0.15) is 4.98 Å². The van der Waals surface area contributed by atoms with E-state index in [1.165, 1.54) is 19.2 Å². The van der Waals surface area contributed by atoms with Crippen LogP contribution in [0.3, 0.4) is 0 Å². The third-order valence-corrected chi connectivity index (χ3v) is 8.36. The number of hydrogen-bond acceptors (Lipinski definition) is 8. The molecular weight excluding hydrogens is 548 g/mol. The maximum absolute atomic E-state index is 15.6. The quantitative estimate of drug-likeness (QED) is 0.313. The first-order valence-electron chi connectivity index (χ1n) is 14.4. The predicted molar refractivity (Wildman–Crippen MR) is 151 cm³/mol. The Morgan fingerprint density at radius 1 is 1.02 bits per heavy atom. The van der Waals surface area contributed by atoms with Crippen molar-refractivity contribution >= 4 is 34.7 Å². The number of amides is 1. The van der Waals surface area contributed by atoms with E-state index in [1.54, 1.807) is 37.1 Å². The zero-order chi connectivity index (χ0) is 29.8. The van der Waals surface area contributed by atoms with Crippen LogP contribution in [0.15, 0.2) is 34.7 Å². The number of anilines is 2. The number of nitrogens with one attached hydrogen (secondary N) is 1. The van der Waals surface area contributed by atoms with E-state index >= 15 is 4.39 Å². The van der Waals surface area contributed by atoms with Crippen molar-refractivity contribution in [1.82, 2.24) is 9.88 Å². The minimum Gasteiger partial charge on any atom is -0.469 e. The number of methoxy groups -OCH3 is 2. The summed E-state index contributed by atoms with van der Waals surface area (Å²) < 4.78 is 51.4. The summed E-state index contributed by atoms with van der Waals surface area (Å²) in [5.74, 6) is -1.55. The van der Waals surface area contributed by atoms with Crippen LogP contribution in [-0.2, 0) is 30.2 Å². The second-order valence-corrected chi connectivity index (χ2v) is 11.1. The van der Waals surface area contributed by atoms with Crippen LogP contribution in [0.2, 0.25) is 0 Å². The first kappa shape index (κ1) is 29.9.